The van der Waals surface area contributed by atoms with Gasteiger partial charge in [0.15, 0.2) is 17.3 Å². The third kappa shape index (κ3) is 3.00. The molecule has 104 valence electrons. The van der Waals surface area contributed by atoms with Gasteiger partial charge < -0.3 is 9.47 Å². The number of pyridine rings is 1. The summed E-state index contributed by atoms with van der Waals surface area (Å²) in [7, 11) is 1.25. The van der Waals surface area contributed by atoms with E-state index in [1.807, 2.05) is 0 Å². The first-order valence-corrected chi connectivity index (χ1v) is 6.13. The van der Waals surface area contributed by atoms with Crippen molar-refractivity contribution in [2.24, 2.45) is 0 Å². The minimum absolute atomic E-state index is 0.0611. The zero-order valence-electron chi connectivity index (χ0n) is 10.2. The van der Waals surface area contributed by atoms with E-state index >= 15 is 0 Å². The Morgan fingerprint density at radius 2 is 2.05 bits per heavy atom. The number of rotatable bonds is 3. The molecule has 4 nitrogen and oxygen atoms in total. The van der Waals surface area contributed by atoms with Crippen molar-refractivity contribution in [3.8, 4) is 11.5 Å². The molecule has 0 saturated carbocycles. The Morgan fingerprint density at radius 3 is 2.70 bits per heavy atom. The van der Waals surface area contributed by atoms with Gasteiger partial charge in [-0.15, -0.1) is 0 Å². The Hall–Kier alpha value is -1.85. The standard InChI is InChI=1S/C13H8Cl2FNO3/c1-19-12-10(15)3-2-9(11(12)16)13(18)20-8-4-7(14)5-17-6-8/h2-6H,1H3. The fraction of sp³-hybridized carbons (Fsp3) is 0.0769. The van der Waals surface area contributed by atoms with Gasteiger partial charge in [0.2, 0.25) is 0 Å². The zero-order valence-corrected chi connectivity index (χ0v) is 11.7. The Bertz CT molecular complexity index is 664. The third-order valence-corrected chi connectivity index (χ3v) is 2.87. The second-order valence-corrected chi connectivity index (χ2v) is 4.51. The molecule has 0 saturated heterocycles. The van der Waals surface area contributed by atoms with Crippen LogP contribution in [-0.2, 0) is 0 Å². The molecule has 0 fully saturated rings. The molecule has 7 heteroatoms. The van der Waals surface area contributed by atoms with Crippen molar-refractivity contribution in [1.29, 1.82) is 0 Å². The molecule has 1 heterocycles. The summed E-state index contributed by atoms with van der Waals surface area (Å²) in [5, 5.41) is 0.357. The maximum absolute atomic E-state index is 14.0. The van der Waals surface area contributed by atoms with Crippen molar-refractivity contribution >= 4 is 29.2 Å². The van der Waals surface area contributed by atoms with Gasteiger partial charge in [0.25, 0.3) is 0 Å². The second-order valence-electron chi connectivity index (χ2n) is 3.67. The highest BCUT2D eigenvalue weighted by Gasteiger charge is 2.20. The molecule has 0 aliphatic carbocycles. The van der Waals surface area contributed by atoms with Gasteiger partial charge in [-0.25, -0.2) is 9.18 Å². The van der Waals surface area contributed by atoms with Gasteiger partial charge in [0.1, 0.15) is 0 Å². The second kappa shape index (κ2) is 6.07. The molecule has 1 aromatic carbocycles. The Kier molecular flexibility index (Phi) is 4.42. The molecule has 0 spiro atoms. The number of ether oxygens (including phenoxy) is 2. The van der Waals surface area contributed by atoms with Gasteiger partial charge in [-0.2, -0.15) is 0 Å². The molecule has 0 aliphatic heterocycles. The number of hydrogen-bond acceptors (Lipinski definition) is 4. The van der Waals surface area contributed by atoms with Gasteiger partial charge in [-0.1, -0.05) is 23.2 Å². The number of nitrogens with zero attached hydrogens (tertiary/aromatic N) is 1. The van der Waals surface area contributed by atoms with Gasteiger partial charge in [-0.3, -0.25) is 4.98 Å². The summed E-state index contributed by atoms with van der Waals surface area (Å²) >= 11 is 11.5. The summed E-state index contributed by atoms with van der Waals surface area (Å²) in [5.41, 5.74) is -0.300. The van der Waals surface area contributed by atoms with Crippen molar-refractivity contribution < 1.29 is 18.7 Å². The maximum atomic E-state index is 14.0. The predicted octanol–water partition coefficient (Wildman–Crippen LogP) is 3.76. The topological polar surface area (TPSA) is 48.4 Å². The summed E-state index contributed by atoms with van der Waals surface area (Å²) in [6, 6.07) is 3.94. The van der Waals surface area contributed by atoms with Crippen LogP contribution in [0.25, 0.3) is 0 Å². The van der Waals surface area contributed by atoms with Gasteiger partial charge >= 0.3 is 5.97 Å². The molecule has 2 aromatic rings. The molecule has 1 aromatic heterocycles. The molecule has 2 rings (SSSR count). The Balaban J connectivity index is 2.30. The number of carbonyl (C=O) groups is 1. The highest BCUT2D eigenvalue weighted by Crippen LogP contribution is 2.30. The van der Waals surface area contributed by atoms with Crippen LogP contribution in [0.5, 0.6) is 11.5 Å². The summed E-state index contributed by atoms with van der Waals surface area (Å²) in [6.07, 6.45) is 2.67. The molecule has 0 amide bonds. The normalized spacial score (nSPS) is 10.2. The van der Waals surface area contributed by atoms with Crippen molar-refractivity contribution in [2.75, 3.05) is 7.11 Å². The van der Waals surface area contributed by atoms with Crippen molar-refractivity contribution in [3.63, 3.8) is 0 Å². The van der Waals surface area contributed by atoms with Crippen molar-refractivity contribution in [3.05, 3.63) is 52.0 Å². The van der Waals surface area contributed by atoms with Crippen LogP contribution in [0.4, 0.5) is 4.39 Å². The average Bonchev–Trinajstić information content (AvgIpc) is 2.39. The minimum Gasteiger partial charge on any atom is -0.492 e. The highest BCUT2D eigenvalue weighted by molar-refractivity contribution is 6.32. The lowest BCUT2D eigenvalue weighted by Crippen LogP contribution is -2.11. The Morgan fingerprint density at radius 1 is 1.30 bits per heavy atom. The fourth-order valence-corrected chi connectivity index (χ4v) is 1.87. The van der Waals surface area contributed by atoms with Crippen LogP contribution in [0.2, 0.25) is 10.0 Å². The maximum Gasteiger partial charge on any atom is 0.346 e. The molecule has 20 heavy (non-hydrogen) atoms. The van der Waals surface area contributed by atoms with E-state index in [4.69, 9.17) is 32.7 Å². The first-order chi connectivity index (χ1) is 9.52. The van der Waals surface area contributed by atoms with Gasteiger partial charge in [0, 0.05) is 12.3 Å². The average molecular weight is 316 g/mol. The number of esters is 1. The van der Waals surface area contributed by atoms with Gasteiger partial charge in [0.05, 0.1) is 28.9 Å². The summed E-state index contributed by atoms with van der Waals surface area (Å²) < 4.78 is 23.8. The summed E-state index contributed by atoms with van der Waals surface area (Å²) in [6.45, 7) is 0. The van der Waals surface area contributed by atoms with Crippen LogP contribution >= 0.6 is 23.2 Å². The van der Waals surface area contributed by atoms with E-state index in [1.165, 1.54) is 37.7 Å². The fourth-order valence-electron chi connectivity index (χ4n) is 1.49. The number of methoxy groups -OCH3 is 1. The van der Waals surface area contributed by atoms with Crippen LogP contribution in [-0.4, -0.2) is 18.1 Å². The largest absolute Gasteiger partial charge is 0.492 e. The molecule has 0 N–H and O–H groups in total. The first kappa shape index (κ1) is 14.6. The molecule has 0 unspecified atom stereocenters. The number of hydrogen-bond donors (Lipinski definition) is 0. The highest BCUT2D eigenvalue weighted by atomic mass is 35.5. The van der Waals surface area contributed by atoms with Gasteiger partial charge in [-0.05, 0) is 12.1 Å². The van der Waals surface area contributed by atoms with Crippen LogP contribution in [0.15, 0.2) is 30.6 Å². The number of carbonyl (C=O) groups excluding carboxylic acids is 1. The molecule has 0 atom stereocenters. The lowest BCUT2D eigenvalue weighted by atomic mass is 10.2. The molecule has 0 aliphatic rings. The van der Waals surface area contributed by atoms with E-state index in [0.717, 1.165) is 0 Å². The zero-order chi connectivity index (χ0) is 14.7. The smallest absolute Gasteiger partial charge is 0.346 e. The van der Waals surface area contributed by atoms with Crippen LogP contribution in [0.1, 0.15) is 10.4 Å². The molecular formula is C13H8Cl2FNO3. The lowest BCUT2D eigenvalue weighted by molar-refractivity contribution is 0.0728. The van der Waals surface area contributed by atoms with E-state index in [1.54, 1.807) is 0 Å². The van der Waals surface area contributed by atoms with Crippen molar-refractivity contribution in [1.82, 2.24) is 4.98 Å². The van der Waals surface area contributed by atoms with E-state index in [0.29, 0.717) is 5.02 Å². The number of halogens is 3. The monoisotopic (exact) mass is 315 g/mol. The van der Waals surface area contributed by atoms with E-state index in [9.17, 15) is 9.18 Å². The van der Waals surface area contributed by atoms with Crippen LogP contribution in [0.3, 0.4) is 0 Å². The van der Waals surface area contributed by atoms with Crippen LogP contribution < -0.4 is 9.47 Å². The van der Waals surface area contributed by atoms with Crippen LogP contribution in [0, 0.1) is 5.82 Å². The predicted molar refractivity (Wildman–Crippen MR) is 72.2 cm³/mol. The molecule has 0 radical (unpaired) electrons. The SMILES string of the molecule is COc1c(Cl)ccc(C(=O)Oc2cncc(Cl)c2)c1F. The van der Waals surface area contributed by atoms with E-state index in [-0.39, 0.29) is 22.1 Å². The Labute approximate surface area is 124 Å². The van der Waals surface area contributed by atoms with E-state index < -0.39 is 11.8 Å². The number of benzene rings is 1. The summed E-state index contributed by atoms with van der Waals surface area (Å²) in [5.74, 6) is -1.90. The third-order valence-electron chi connectivity index (χ3n) is 2.36. The summed E-state index contributed by atoms with van der Waals surface area (Å²) in [4.78, 5) is 15.6. The van der Waals surface area contributed by atoms with Crippen molar-refractivity contribution in [2.45, 2.75) is 0 Å². The van der Waals surface area contributed by atoms with E-state index in [2.05, 4.69) is 4.98 Å². The molecular weight excluding hydrogens is 308 g/mol. The minimum atomic E-state index is -0.901. The first-order valence-electron chi connectivity index (χ1n) is 5.37. The quantitative estimate of drug-likeness (QED) is 0.809. The number of aromatic nitrogens is 1. The molecule has 0 bridgehead atoms. The lowest BCUT2D eigenvalue weighted by Gasteiger charge is -2.09.